The van der Waals surface area contributed by atoms with E-state index in [1.807, 2.05) is 42.5 Å². The Balaban J connectivity index is 1.89. The van der Waals surface area contributed by atoms with Crippen molar-refractivity contribution in [2.75, 3.05) is 0 Å². The molecule has 3 aromatic carbocycles. The van der Waals surface area contributed by atoms with Crippen molar-refractivity contribution in [3.63, 3.8) is 0 Å². The van der Waals surface area contributed by atoms with Gasteiger partial charge in [0.25, 0.3) is 5.69 Å². The molecule has 0 aliphatic heterocycles. The van der Waals surface area contributed by atoms with Gasteiger partial charge >= 0.3 is 0 Å². The van der Waals surface area contributed by atoms with Gasteiger partial charge in [-0.25, -0.2) is 0 Å². The first-order valence-corrected chi connectivity index (χ1v) is 9.55. The normalized spacial score (nSPS) is 10.6. The van der Waals surface area contributed by atoms with Crippen molar-refractivity contribution in [1.29, 1.82) is 0 Å². The minimum Gasteiger partial charge on any atom is -0.258 e. The molecule has 0 heterocycles. The van der Waals surface area contributed by atoms with E-state index in [2.05, 4.69) is 0 Å². The Morgan fingerprint density at radius 2 is 1.20 bits per heavy atom. The zero-order chi connectivity index (χ0) is 17.8. The molecule has 0 aliphatic carbocycles. The van der Waals surface area contributed by atoms with Crippen LogP contribution in [0.3, 0.4) is 0 Å². The van der Waals surface area contributed by atoms with Crippen LogP contribution in [0.5, 0.6) is 0 Å². The van der Waals surface area contributed by atoms with E-state index < -0.39 is 0 Å². The molecule has 0 bridgehead atoms. The smallest absolute Gasteiger partial charge is 0.258 e. The van der Waals surface area contributed by atoms with Crippen LogP contribution in [0, 0.1) is 10.1 Å². The number of nitro benzene ring substituents is 1. The molecule has 0 aliphatic rings. The van der Waals surface area contributed by atoms with Crippen molar-refractivity contribution in [2.24, 2.45) is 0 Å². The number of rotatable bonds is 5. The first kappa shape index (κ1) is 18.1. The third-order valence-electron chi connectivity index (χ3n) is 3.22. The van der Waals surface area contributed by atoms with Crippen molar-refractivity contribution in [3.05, 3.63) is 86.9 Å². The van der Waals surface area contributed by atoms with E-state index in [9.17, 15) is 10.1 Å². The van der Waals surface area contributed by atoms with E-state index in [0.717, 1.165) is 14.7 Å². The second-order valence-electron chi connectivity index (χ2n) is 5.00. The van der Waals surface area contributed by atoms with Gasteiger partial charge in [-0.3, -0.25) is 10.1 Å². The van der Waals surface area contributed by atoms with Crippen molar-refractivity contribution in [1.82, 2.24) is 0 Å². The maximum absolute atomic E-state index is 11.3. The van der Waals surface area contributed by atoms with Gasteiger partial charge in [-0.1, -0.05) is 46.7 Å². The average Bonchev–Trinajstić information content (AvgIpc) is 2.59. The molecular weight excluding hydrogens is 397 g/mol. The van der Waals surface area contributed by atoms with Gasteiger partial charge in [-0.05, 0) is 60.7 Å². The maximum atomic E-state index is 11.3. The Labute approximate surface area is 163 Å². The van der Waals surface area contributed by atoms with E-state index in [1.54, 1.807) is 18.2 Å². The van der Waals surface area contributed by atoms with Gasteiger partial charge in [0.05, 0.1) is 9.82 Å². The number of hydrogen-bond acceptors (Lipinski definition) is 4. The molecule has 126 valence electrons. The summed E-state index contributed by atoms with van der Waals surface area (Å²) in [4.78, 5) is 14.4. The minimum atomic E-state index is -0.366. The van der Waals surface area contributed by atoms with Gasteiger partial charge < -0.3 is 0 Å². The molecule has 3 aromatic rings. The summed E-state index contributed by atoms with van der Waals surface area (Å²) in [7, 11) is 0. The van der Waals surface area contributed by atoms with Crippen LogP contribution in [-0.4, -0.2) is 4.92 Å². The van der Waals surface area contributed by atoms with E-state index >= 15 is 0 Å². The highest BCUT2D eigenvalue weighted by Gasteiger charge is 2.16. The van der Waals surface area contributed by atoms with Gasteiger partial charge in [-0.15, -0.1) is 0 Å². The zero-order valence-corrected chi connectivity index (χ0v) is 15.8. The Hall–Kier alpha value is -1.66. The van der Waals surface area contributed by atoms with E-state index in [1.165, 1.54) is 29.6 Å². The van der Waals surface area contributed by atoms with Gasteiger partial charge in [0.2, 0.25) is 0 Å². The summed E-state index contributed by atoms with van der Waals surface area (Å²) in [6.45, 7) is 0. The standard InChI is InChI=1S/C18H11Cl2NO2S2/c19-12-1-5-14(6-2-12)24-16-9-10-17(21(22)23)18(11-16)25-15-7-3-13(20)4-8-15/h1-11H. The van der Waals surface area contributed by atoms with Crippen molar-refractivity contribution in [2.45, 2.75) is 19.6 Å². The highest BCUT2D eigenvalue weighted by Crippen LogP contribution is 2.39. The molecule has 0 amide bonds. The van der Waals surface area contributed by atoms with Crippen molar-refractivity contribution >= 4 is 52.4 Å². The van der Waals surface area contributed by atoms with Crippen LogP contribution in [0.2, 0.25) is 10.0 Å². The zero-order valence-electron chi connectivity index (χ0n) is 12.7. The van der Waals surface area contributed by atoms with E-state index in [-0.39, 0.29) is 10.6 Å². The largest absolute Gasteiger partial charge is 0.283 e. The summed E-state index contributed by atoms with van der Waals surface area (Å²) in [6.07, 6.45) is 0. The summed E-state index contributed by atoms with van der Waals surface area (Å²) >= 11 is 14.7. The summed E-state index contributed by atoms with van der Waals surface area (Å²) in [5.74, 6) is 0. The molecule has 0 fully saturated rings. The molecule has 0 N–H and O–H groups in total. The molecule has 0 atom stereocenters. The lowest BCUT2D eigenvalue weighted by molar-refractivity contribution is -0.387. The number of halogens is 2. The number of nitrogens with zero attached hydrogens (tertiary/aromatic N) is 1. The molecule has 0 saturated carbocycles. The lowest BCUT2D eigenvalue weighted by atomic mass is 10.3. The molecule has 3 rings (SSSR count). The van der Waals surface area contributed by atoms with Gasteiger partial charge in [-0.2, -0.15) is 0 Å². The maximum Gasteiger partial charge on any atom is 0.283 e. The Morgan fingerprint density at radius 3 is 1.72 bits per heavy atom. The third-order valence-corrected chi connectivity index (χ3v) is 5.77. The Morgan fingerprint density at radius 1 is 0.720 bits per heavy atom. The highest BCUT2D eigenvalue weighted by atomic mass is 35.5. The Bertz CT molecular complexity index is 900. The molecule has 0 saturated heterocycles. The fourth-order valence-corrected chi connectivity index (χ4v) is 4.20. The molecule has 3 nitrogen and oxygen atoms in total. The first-order valence-electron chi connectivity index (χ1n) is 7.16. The van der Waals surface area contributed by atoms with Crippen molar-refractivity contribution < 1.29 is 4.92 Å². The first-order chi connectivity index (χ1) is 12.0. The van der Waals surface area contributed by atoms with Crippen LogP contribution >= 0.6 is 46.7 Å². The summed E-state index contributed by atoms with van der Waals surface area (Å²) < 4.78 is 0. The quantitative estimate of drug-likeness (QED) is 0.331. The van der Waals surface area contributed by atoms with Crippen molar-refractivity contribution in [3.8, 4) is 0 Å². The van der Waals surface area contributed by atoms with Gasteiger partial charge in [0.15, 0.2) is 0 Å². The molecule has 0 radical (unpaired) electrons. The molecule has 7 heteroatoms. The monoisotopic (exact) mass is 407 g/mol. The SMILES string of the molecule is O=[N+]([O-])c1ccc(Sc2ccc(Cl)cc2)cc1Sc1ccc(Cl)cc1. The van der Waals surface area contributed by atoms with Crippen LogP contribution in [0.4, 0.5) is 5.69 Å². The average molecular weight is 408 g/mol. The fourth-order valence-electron chi connectivity index (χ4n) is 2.06. The topological polar surface area (TPSA) is 43.1 Å². The number of nitro groups is 1. The van der Waals surface area contributed by atoms with Crippen LogP contribution in [0.25, 0.3) is 0 Å². The van der Waals surface area contributed by atoms with Gasteiger partial charge in [0.1, 0.15) is 0 Å². The predicted molar refractivity (Wildman–Crippen MR) is 104 cm³/mol. The molecular formula is C18H11Cl2NO2S2. The second kappa shape index (κ2) is 8.15. The molecule has 0 aromatic heterocycles. The fraction of sp³-hybridized carbons (Fsp3) is 0. The Kier molecular flexibility index (Phi) is 5.91. The van der Waals surface area contributed by atoms with Crippen LogP contribution in [0.1, 0.15) is 0 Å². The minimum absolute atomic E-state index is 0.0837. The summed E-state index contributed by atoms with van der Waals surface area (Å²) in [6, 6.07) is 19.8. The lowest BCUT2D eigenvalue weighted by Crippen LogP contribution is -1.91. The summed E-state index contributed by atoms with van der Waals surface area (Å²) in [5, 5.41) is 12.6. The highest BCUT2D eigenvalue weighted by molar-refractivity contribution is 8.00. The van der Waals surface area contributed by atoms with Crippen LogP contribution in [0.15, 0.2) is 86.3 Å². The van der Waals surface area contributed by atoms with Crippen LogP contribution in [-0.2, 0) is 0 Å². The number of hydrogen-bond donors (Lipinski definition) is 0. The molecule has 25 heavy (non-hydrogen) atoms. The second-order valence-corrected chi connectivity index (χ2v) is 8.13. The lowest BCUT2D eigenvalue weighted by Gasteiger charge is -2.07. The third kappa shape index (κ3) is 4.92. The van der Waals surface area contributed by atoms with E-state index in [0.29, 0.717) is 14.9 Å². The summed E-state index contributed by atoms with van der Waals surface area (Å²) in [5.41, 5.74) is 0.0837. The predicted octanol–water partition coefficient (Wildman–Crippen LogP) is 7.20. The van der Waals surface area contributed by atoms with E-state index in [4.69, 9.17) is 23.2 Å². The van der Waals surface area contributed by atoms with Crippen LogP contribution < -0.4 is 0 Å². The molecule has 0 unspecified atom stereocenters. The molecule has 0 spiro atoms. The van der Waals surface area contributed by atoms with Gasteiger partial charge in [0, 0.05) is 30.8 Å². The number of benzene rings is 3.